The van der Waals surface area contributed by atoms with Gasteiger partial charge < -0.3 is 4.42 Å². The SMILES string of the molecule is Cc1ccc(S(=O)(=O)NCc2cc(=O)oc3ccc4ccccc4c23)cc1. The number of fused-ring (bicyclic) bond motifs is 3. The summed E-state index contributed by atoms with van der Waals surface area (Å²) in [4.78, 5) is 12.1. The van der Waals surface area contributed by atoms with Gasteiger partial charge in [0.15, 0.2) is 0 Å². The van der Waals surface area contributed by atoms with Gasteiger partial charge in [-0.25, -0.2) is 17.9 Å². The van der Waals surface area contributed by atoms with E-state index in [1.807, 2.05) is 37.3 Å². The van der Waals surface area contributed by atoms with E-state index < -0.39 is 15.6 Å². The summed E-state index contributed by atoms with van der Waals surface area (Å²) in [5.41, 5.74) is 1.48. The molecule has 136 valence electrons. The predicted molar refractivity (Wildman–Crippen MR) is 105 cm³/mol. The van der Waals surface area contributed by atoms with Crippen molar-refractivity contribution in [2.75, 3.05) is 0 Å². The van der Waals surface area contributed by atoms with Gasteiger partial charge in [-0.3, -0.25) is 0 Å². The van der Waals surface area contributed by atoms with Gasteiger partial charge in [0.05, 0.1) is 4.90 Å². The Labute approximate surface area is 156 Å². The molecule has 6 heteroatoms. The minimum absolute atomic E-state index is 0.00762. The lowest BCUT2D eigenvalue weighted by molar-refractivity contribution is 0.557. The van der Waals surface area contributed by atoms with Crippen LogP contribution in [0.15, 0.2) is 80.8 Å². The first-order valence-corrected chi connectivity index (χ1v) is 9.93. The highest BCUT2D eigenvalue weighted by Crippen LogP contribution is 2.27. The molecular weight excluding hydrogens is 362 g/mol. The van der Waals surface area contributed by atoms with Crippen LogP contribution in [0.2, 0.25) is 0 Å². The zero-order chi connectivity index (χ0) is 19.0. The molecule has 3 aromatic carbocycles. The van der Waals surface area contributed by atoms with Crippen molar-refractivity contribution in [2.24, 2.45) is 0 Å². The fourth-order valence-electron chi connectivity index (χ4n) is 3.13. The molecule has 0 atom stereocenters. The molecule has 1 N–H and O–H groups in total. The lowest BCUT2D eigenvalue weighted by Gasteiger charge is -2.11. The highest BCUT2D eigenvalue weighted by Gasteiger charge is 2.16. The number of sulfonamides is 1. The standard InChI is InChI=1S/C21H17NO4S/c1-14-6-9-17(10-7-14)27(24,25)22-13-16-12-20(23)26-19-11-8-15-4-2-3-5-18(15)21(16)19/h2-12,22H,13H2,1H3. The van der Waals surface area contributed by atoms with Crippen LogP contribution in [0.25, 0.3) is 21.7 Å². The van der Waals surface area contributed by atoms with Gasteiger partial charge in [0, 0.05) is 18.0 Å². The van der Waals surface area contributed by atoms with Crippen molar-refractivity contribution in [3.8, 4) is 0 Å². The van der Waals surface area contributed by atoms with E-state index in [2.05, 4.69) is 4.72 Å². The fraction of sp³-hybridized carbons (Fsp3) is 0.0952. The van der Waals surface area contributed by atoms with Gasteiger partial charge in [-0.2, -0.15) is 0 Å². The smallest absolute Gasteiger partial charge is 0.336 e. The molecule has 0 aliphatic rings. The second-order valence-electron chi connectivity index (χ2n) is 6.39. The molecule has 0 aliphatic carbocycles. The van der Waals surface area contributed by atoms with E-state index in [4.69, 9.17) is 4.42 Å². The van der Waals surface area contributed by atoms with E-state index in [0.29, 0.717) is 11.1 Å². The van der Waals surface area contributed by atoms with E-state index in [-0.39, 0.29) is 11.4 Å². The molecule has 0 saturated heterocycles. The Kier molecular flexibility index (Phi) is 4.30. The Morgan fingerprint density at radius 1 is 0.963 bits per heavy atom. The molecule has 4 rings (SSSR count). The zero-order valence-corrected chi connectivity index (χ0v) is 15.4. The summed E-state index contributed by atoms with van der Waals surface area (Å²) < 4.78 is 33.1. The third-order valence-electron chi connectivity index (χ3n) is 4.50. The summed E-state index contributed by atoms with van der Waals surface area (Å²) in [6, 6.07) is 19.3. The van der Waals surface area contributed by atoms with E-state index in [1.54, 1.807) is 30.3 Å². The number of hydrogen-bond donors (Lipinski definition) is 1. The number of rotatable bonds is 4. The minimum atomic E-state index is -3.69. The zero-order valence-electron chi connectivity index (χ0n) is 14.6. The molecule has 0 spiro atoms. The molecule has 1 aromatic heterocycles. The van der Waals surface area contributed by atoms with Crippen molar-refractivity contribution in [2.45, 2.75) is 18.4 Å². The van der Waals surface area contributed by atoms with E-state index in [0.717, 1.165) is 21.7 Å². The maximum absolute atomic E-state index is 12.6. The highest BCUT2D eigenvalue weighted by molar-refractivity contribution is 7.89. The Morgan fingerprint density at radius 3 is 2.48 bits per heavy atom. The van der Waals surface area contributed by atoms with Crippen LogP contribution in [-0.2, 0) is 16.6 Å². The molecule has 4 aromatic rings. The molecule has 0 saturated carbocycles. The van der Waals surface area contributed by atoms with Crippen molar-refractivity contribution in [3.05, 3.63) is 88.3 Å². The van der Waals surface area contributed by atoms with Crippen LogP contribution in [0.4, 0.5) is 0 Å². The molecule has 0 aliphatic heterocycles. The first-order chi connectivity index (χ1) is 12.9. The Balaban J connectivity index is 1.78. The molecule has 0 radical (unpaired) electrons. The minimum Gasteiger partial charge on any atom is -0.423 e. The summed E-state index contributed by atoms with van der Waals surface area (Å²) in [6.07, 6.45) is 0. The van der Waals surface area contributed by atoms with Gasteiger partial charge in [-0.1, -0.05) is 48.0 Å². The third-order valence-corrected chi connectivity index (χ3v) is 5.92. The molecular formula is C21H17NO4S. The van der Waals surface area contributed by atoms with Gasteiger partial charge >= 0.3 is 5.63 Å². The summed E-state index contributed by atoms with van der Waals surface area (Å²) in [5.74, 6) is 0. The Morgan fingerprint density at radius 2 is 1.70 bits per heavy atom. The second kappa shape index (κ2) is 6.64. The monoisotopic (exact) mass is 379 g/mol. The summed E-state index contributed by atoms with van der Waals surface area (Å²) in [5, 5.41) is 2.63. The van der Waals surface area contributed by atoms with Gasteiger partial charge in [-0.15, -0.1) is 0 Å². The number of aryl methyl sites for hydroxylation is 1. The van der Waals surface area contributed by atoms with Crippen molar-refractivity contribution in [3.63, 3.8) is 0 Å². The molecule has 0 bridgehead atoms. The van der Waals surface area contributed by atoms with Crippen LogP contribution in [0.1, 0.15) is 11.1 Å². The van der Waals surface area contributed by atoms with Crippen molar-refractivity contribution in [1.29, 1.82) is 0 Å². The van der Waals surface area contributed by atoms with Gasteiger partial charge in [0.2, 0.25) is 10.0 Å². The quantitative estimate of drug-likeness (QED) is 0.433. The summed E-state index contributed by atoms with van der Waals surface area (Å²) in [6.45, 7) is 1.89. The summed E-state index contributed by atoms with van der Waals surface area (Å²) >= 11 is 0. The van der Waals surface area contributed by atoms with Crippen LogP contribution < -0.4 is 10.3 Å². The average molecular weight is 379 g/mol. The molecule has 5 nitrogen and oxygen atoms in total. The first kappa shape index (κ1) is 17.5. The lowest BCUT2D eigenvalue weighted by atomic mass is 10.0. The number of benzene rings is 3. The lowest BCUT2D eigenvalue weighted by Crippen LogP contribution is -2.24. The largest absolute Gasteiger partial charge is 0.423 e. The first-order valence-electron chi connectivity index (χ1n) is 8.45. The van der Waals surface area contributed by atoms with Crippen LogP contribution in [0.5, 0.6) is 0 Å². The topological polar surface area (TPSA) is 76.4 Å². The molecule has 0 unspecified atom stereocenters. The van der Waals surface area contributed by atoms with Gasteiger partial charge in [-0.05, 0) is 41.5 Å². The third kappa shape index (κ3) is 3.37. The van der Waals surface area contributed by atoms with E-state index in [1.165, 1.54) is 6.07 Å². The molecule has 1 heterocycles. The van der Waals surface area contributed by atoms with Crippen LogP contribution >= 0.6 is 0 Å². The molecule has 0 amide bonds. The predicted octanol–water partition coefficient (Wildman–Crippen LogP) is 3.73. The van der Waals surface area contributed by atoms with Crippen molar-refractivity contribution in [1.82, 2.24) is 4.72 Å². The van der Waals surface area contributed by atoms with Crippen molar-refractivity contribution < 1.29 is 12.8 Å². The second-order valence-corrected chi connectivity index (χ2v) is 8.16. The number of hydrogen-bond acceptors (Lipinski definition) is 4. The van der Waals surface area contributed by atoms with Crippen LogP contribution in [0, 0.1) is 6.92 Å². The Hall–Kier alpha value is -2.96. The maximum atomic E-state index is 12.6. The van der Waals surface area contributed by atoms with E-state index >= 15 is 0 Å². The summed E-state index contributed by atoms with van der Waals surface area (Å²) in [7, 11) is -3.69. The van der Waals surface area contributed by atoms with E-state index in [9.17, 15) is 13.2 Å². The average Bonchev–Trinajstić information content (AvgIpc) is 2.66. The van der Waals surface area contributed by atoms with Gasteiger partial charge in [0.25, 0.3) is 0 Å². The van der Waals surface area contributed by atoms with Gasteiger partial charge in [0.1, 0.15) is 5.58 Å². The number of nitrogens with one attached hydrogen (secondary N) is 1. The van der Waals surface area contributed by atoms with Crippen molar-refractivity contribution >= 4 is 31.8 Å². The van der Waals surface area contributed by atoms with Crippen LogP contribution in [0.3, 0.4) is 0 Å². The molecule has 27 heavy (non-hydrogen) atoms. The van der Waals surface area contributed by atoms with Crippen LogP contribution in [-0.4, -0.2) is 8.42 Å². The fourth-order valence-corrected chi connectivity index (χ4v) is 4.14. The molecule has 0 fully saturated rings. The maximum Gasteiger partial charge on any atom is 0.336 e. The normalized spacial score (nSPS) is 11.9. The highest BCUT2D eigenvalue weighted by atomic mass is 32.2. The Bertz CT molecular complexity index is 1310.